The molecule has 1 aromatic heterocycles. The molecule has 0 atom stereocenters. The molecule has 0 fully saturated rings. The summed E-state index contributed by atoms with van der Waals surface area (Å²) < 4.78 is 6.47. The van der Waals surface area contributed by atoms with Crippen LogP contribution in [0.4, 0.5) is 0 Å². The molecular weight excluding hydrogens is 232 g/mol. The molecule has 0 saturated heterocycles. The lowest BCUT2D eigenvalue weighted by molar-refractivity contribution is 0.104. The second-order valence-electron chi connectivity index (χ2n) is 3.89. The first-order chi connectivity index (χ1) is 8.63. The number of fused-ring (bicyclic) bond motifs is 1. The molecule has 0 radical (unpaired) electrons. The van der Waals surface area contributed by atoms with Crippen LogP contribution in [-0.2, 0) is 11.5 Å². The van der Waals surface area contributed by atoms with Gasteiger partial charge < -0.3 is 4.74 Å². The van der Waals surface area contributed by atoms with Crippen molar-refractivity contribution in [1.82, 2.24) is 9.55 Å². The molecule has 92 valence electrons. The minimum Gasteiger partial charge on any atom is -0.348 e. The number of aromatic nitrogens is 2. The van der Waals surface area contributed by atoms with E-state index in [2.05, 4.69) is 10.9 Å². The Labute approximate surface area is 103 Å². The van der Waals surface area contributed by atoms with Gasteiger partial charge >= 0.3 is 5.69 Å². The number of terminal acetylenes is 1. The number of aryl methyl sites for hydroxylation is 1. The fourth-order valence-corrected chi connectivity index (χ4v) is 1.73. The first-order valence-electron chi connectivity index (χ1n) is 5.38. The summed E-state index contributed by atoms with van der Waals surface area (Å²) >= 11 is 0. The Morgan fingerprint density at radius 2 is 2.22 bits per heavy atom. The molecule has 2 aromatic rings. The van der Waals surface area contributed by atoms with Crippen molar-refractivity contribution >= 4 is 10.9 Å². The van der Waals surface area contributed by atoms with Gasteiger partial charge in [-0.05, 0) is 19.1 Å². The fraction of sp³-hybridized carbons (Fsp3) is 0.231. The Balaban J connectivity index is 2.62. The Hall–Kier alpha value is -2.32. The van der Waals surface area contributed by atoms with Gasteiger partial charge in [-0.15, -0.1) is 6.42 Å². The van der Waals surface area contributed by atoms with Crippen molar-refractivity contribution in [3.8, 4) is 12.3 Å². The number of hydrogen-bond donors (Lipinski definition) is 1. The molecule has 5 nitrogen and oxygen atoms in total. The minimum atomic E-state index is -0.506. The maximum atomic E-state index is 11.7. The molecule has 0 aliphatic heterocycles. The number of rotatable bonds is 3. The second kappa shape index (κ2) is 4.90. The average Bonchev–Trinajstić information content (AvgIpc) is 2.34. The van der Waals surface area contributed by atoms with Gasteiger partial charge in [0.2, 0.25) is 0 Å². The van der Waals surface area contributed by atoms with E-state index in [1.54, 1.807) is 12.1 Å². The van der Waals surface area contributed by atoms with Crippen LogP contribution in [0, 0.1) is 19.3 Å². The summed E-state index contributed by atoms with van der Waals surface area (Å²) in [5.41, 5.74) is 0.578. The zero-order chi connectivity index (χ0) is 13.1. The van der Waals surface area contributed by atoms with Crippen LogP contribution in [0.25, 0.3) is 10.9 Å². The molecule has 0 saturated carbocycles. The van der Waals surface area contributed by atoms with E-state index in [0.29, 0.717) is 10.9 Å². The zero-order valence-corrected chi connectivity index (χ0v) is 9.90. The summed E-state index contributed by atoms with van der Waals surface area (Å²) in [5.74, 6) is 2.32. The standard InChI is InChI=1S/C13H12N2O3/c1-3-6-18-8-15-11-5-4-9(2)7-10(11)12(16)14-13(15)17/h1,4-5,7H,6,8H2,2H3,(H,14,16,17). The number of aromatic amines is 1. The van der Waals surface area contributed by atoms with E-state index in [4.69, 9.17) is 11.2 Å². The van der Waals surface area contributed by atoms with Gasteiger partial charge in [0, 0.05) is 0 Å². The third-order valence-corrected chi connectivity index (χ3v) is 2.56. The molecule has 0 aliphatic rings. The Kier molecular flexibility index (Phi) is 3.31. The molecule has 5 heteroatoms. The Morgan fingerprint density at radius 3 is 2.94 bits per heavy atom. The topological polar surface area (TPSA) is 64.1 Å². The number of nitrogens with one attached hydrogen (secondary N) is 1. The predicted molar refractivity (Wildman–Crippen MR) is 68.4 cm³/mol. The molecule has 0 spiro atoms. The lowest BCUT2D eigenvalue weighted by Crippen LogP contribution is -2.31. The highest BCUT2D eigenvalue weighted by Gasteiger charge is 2.07. The monoisotopic (exact) mass is 244 g/mol. The van der Waals surface area contributed by atoms with Crippen LogP contribution in [0.2, 0.25) is 0 Å². The normalized spacial score (nSPS) is 10.4. The molecule has 0 unspecified atom stereocenters. The third kappa shape index (κ3) is 2.19. The molecule has 0 aliphatic carbocycles. The molecule has 0 amide bonds. The predicted octanol–water partition coefficient (Wildman–Crippen LogP) is 0.606. The van der Waals surface area contributed by atoms with Gasteiger partial charge in [-0.1, -0.05) is 17.6 Å². The van der Waals surface area contributed by atoms with Crippen LogP contribution in [-0.4, -0.2) is 16.2 Å². The fourth-order valence-electron chi connectivity index (χ4n) is 1.73. The summed E-state index contributed by atoms with van der Waals surface area (Å²) in [6.07, 6.45) is 5.07. The van der Waals surface area contributed by atoms with Crippen LogP contribution >= 0.6 is 0 Å². The highest BCUT2D eigenvalue weighted by atomic mass is 16.5. The summed E-state index contributed by atoms with van der Waals surface area (Å²) in [6.45, 7) is 2.00. The van der Waals surface area contributed by atoms with Crippen molar-refractivity contribution in [3.05, 3.63) is 44.6 Å². The SMILES string of the molecule is C#CCOCn1c(=O)[nH]c(=O)c2cc(C)ccc21. The van der Waals surface area contributed by atoms with E-state index in [1.807, 2.05) is 13.0 Å². The maximum absolute atomic E-state index is 11.7. The van der Waals surface area contributed by atoms with Crippen molar-refractivity contribution in [1.29, 1.82) is 0 Å². The van der Waals surface area contributed by atoms with Gasteiger partial charge in [0.15, 0.2) is 0 Å². The van der Waals surface area contributed by atoms with Crippen molar-refractivity contribution in [2.24, 2.45) is 0 Å². The zero-order valence-electron chi connectivity index (χ0n) is 9.90. The number of H-pyrrole nitrogens is 1. The van der Waals surface area contributed by atoms with Gasteiger partial charge in [0.25, 0.3) is 5.56 Å². The number of benzene rings is 1. The van der Waals surface area contributed by atoms with Gasteiger partial charge in [0.05, 0.1) is 10.9 Å². The molecule has 0 bridgehead atoms. The van der Waals surface area contributed by atoms with Crippen molar-refractivity contribution in [3.63, 3.8) is 0 Å². The van der Waals surface area contributed by atoms with Crippen LogP contribution in [0.1, 0.15) is 5.56 Å². The van der Waals surface area contributed by atoms with E-state index in [9.17, 15) is 9.59 Å². The first-order valence-corrected chi connectivity index (χ1v) is 5.38. The summed E-state index contributed by atoms with van der Waals surface area (Å²) in [5, 5.41) is 0.457. The average molecular weight is 244 g/mol. The van der Waals surface area contributed by atoms with Crippen LogP contribution < -0.4 is 11.2 Å². The quantitative estimate of drug-likeness (QED) is 0.635. The van der Waals surface area contributed by atoms with Crippen LogP contribution in [0.3, 0.4) is 0 Å². The summed E-state index contributed by atoms with van der Waals surface area (Å²) in [6, 6.07) is 5.28. The summed E-state index contributed by atoms with van der Waals surface area (Å²) in [4.78, 5) is 25.7. The number of ether oxygens (including phenoxy) is 1. The highest BCUT2D eigenvalue weighted by molar-refractivity contribution is 5.78. The van der Waals surface area contributed by atoms with E-state index in [-0.39, 0.29) is 13.3 Å². The molecular formula is C13H12N2O3. The van der Waals surface area contributed by atoms with Gasteiger partial charge in [0.1, 0.15) is 13.3 Å². The van der Waals surface area contributed by atoms with Gasteiger partial charge in [-0.2, -0.15) is 0 Å². The van der Waals surface area contributed by atoms with Crippen molar-refractivity contribution in [2.45, 2.75) is 13.7 Å². The highest BCUT2D eigenvalue weighted by Crippen LogP contribution is 2.10. The molecule has 2 rings (SSSR count). The Morgan fingerprint density at radius 1 is 1.44 bits per heavy atom. The molecule has 1 heterocycles. The molecule has 18 heavy (non-hydrogen) atoms. The number of nitrogens with zero attached hydrogens (tertiary/aromatic N) is 1. The van der Waals surface area contributed by atoms with E-state index in [0.717, 1.165) is 5.56 Å². The van der Waals surface area contributed by atoms with Gasteiger partial charge in [-0.3, -0.25) is 14.3 Å². The van der Waals surface area contributed by atoms with E-state index in [1.165, 1.54) is 4.57 Å². The van der Waals surface area contributed by atoms with Crippen LogP contribution in [0.15, 0.2) is 27.8 Å². The Bertz CT molecular complexity index is 734. The van der Waals surface area contributed by atoms with Gasteiger partial charge in [-0.25, -0.2) is 4.79 Å². The second-order valence-corrected chi connectivity index (χ2v) is 3.89. The lowest BCUT2D eigenvalue weighted by Gasteiger charge is -2.09. The first kappa shape index (κ1) is 12.1. The van der Waals surface area contributed by atoms with E-state index >= 15 is 0 Å². The molecule has 1 aromatic carbocycles. The largest absolute Gasteiger partial charge is 0.348 e. The number of hydrogen-bond acceptors (Lipinski definition) is 3. The minimum absolute atomic E-state index is 0.0133. The smallest absolute Gasteiger partial charge is 0.330 e. The van der Waals surface area contributed by atoms with Crippen LogP contribution in [0.5, 0.6) is 0 Å². The summed E-state index contributed by atoms with van der Waals surface area (Å²) in [7, 11) is 0. The van der Waals surface area contributed by atoms with E-state index < -0.39 is 11.2 Å². The third-order valence-electron chi connectivity index (χ3n) is 2.56. The molecule has 1 N–H and O–H groups in total. The lowest BCUT2D eigenvalue weighted by atomic mass is 10.2. The maximum Gasteiger partial charge on any atom is 0.330 e. The van der Waals surface area contributed by atoms with Crippen molar-refractivity contribution in [2.75, 3.05) is 6.61 Å². The van der Waals surface area contributed by atoms with Crippen molar-refractivity contribution < 1.29 is 4.74 Å².